The van der Waals surface area contributed by atoms with E-state index in [1.165, 1.54) is 74.4 Å². The van der Waals surface area contributed by atoms with Crippen molar-refractivity contribution in [2.45, 2.75) is 119 Å². The molecule has 0 spiro atoms. The average Bonchev–Trinajstić information content (AvgIpc) is 3.20. The first kappa shape index (κ1) is 24.5. The SMILES string of the molecule is CC1(C)CC[C@]2(C)CC[C@]3(C)C(=CCC4[C@@]5(C)Cc6c([nH]c7ccccc67)C(C)(C)[C@@H]5CC[C@]43C)[C@H]2C1. The van der Waals surface area contributed by atoms with Crippen LogP contribution in [-0.2, 0) is 11.8 Å². The number of rotatable bonds is 0. The molecule has 0 amide bonds. The van der Waals surface area contributed by atoms with Gasteiger partial charge in [0.2, 0.25) is 0 Å². The van der Waals surface area contributed by atoms with Crippen molar-refractivity contribution in [2.75, 3.05) is 0 Å². The van der Waals surface area contributed by atoms with Gasteiger partial charge in [0.1, 0.15) is 0 Å². The van der Waals surface area contributed by atoms with Crippen molar-refractivity contribution >= 4 is 10.9 Å². The fourth-order valence-electron chi connectivity index (χ4n) is 11.8. The summed E-state index contributed by atoms with van der Waals surface area (Å²) < 4.78 is 0. The maximum absolute atomic E-state index is 3.92. The number of hydrogen-bond acceptors (Lipinski definition) is 0. The molecule has 2 aromatic rings. The van der Waals surface area contributed by atoms with E-state index in [0.717, 1.165) is 17.8 Å². The summed E-state index contributed by atoms with van der Waals surface area (Å²) in [5, 5.41) is 1.48. The molecule has 7 rings (SSSR count). The molecule has 3 fully saturated rings. The lowest BCUT2D eigenvalue weighted by atomic mass is 9.34. The van der Waals surface area contributed by atoms with E-state index in [1.54, 1.807) is 5.56 Å². The van der Waals surface area contributed by atoms with Gasteiger partial charge in [0.15, 0.2) is 0 Å². The Morgan fingerprint density at radius 1 is 0.811 bits per heavy atom. The van der Waals surface area contributed by atoms with Crippen LogP contribution in [0.2, 0.25) is 0 Å². The Bertz CT molecular complexity index is 1310. The summed E-state index contributed by atoms with van der Waals surface area (Å²) in [4.78, 5) is 3.92. The van der Waals surface area contributed by atoms with E-state index in [0.29, 0.717) is 27.1 Å². The molecule has 1 aromatic heterocycles. The van der Waals surface area contributed by atoms with Gasteiger partial charge in [-0.05, 0) is 114 Å². The highest BCUT2D eigenvalue weighted by molar-refractivity contribution is 5.85. The smallest absolute Gasteiger partial charge is 0.0459 e. The highest BCUT2D eigenvalue weighted by atomic mass is 14.8. The summed E-state index contributed by atoms with van der Waals surface area (Å²) in [6.07, 6.45) is 15.2. The molecule has 1 aromatic carbocycles. The van der Waals surface area contributed by atoms with Crippen molar-refractivity contribution in [3.05, 3.63) is 47.2 Å². The minimum atomic E-state index is 0.187. The van der Waals surface area contributed by atoms with Crippen molar-refractivity contribution in [1.29, 1.82) is 0 Å². The van der Waals surface area contributed by atoms with Crippen molar-refractivity contribution < 1.29 is 0 Å². The van der Waals surface area contributed by atoms with Crippen LogP contribution in [0.3, 0.4) is 0 Å². The predicted octanol–water partition coefficient (Wildman–Crippen LogP) is 10.0. The number of aromatic nitrogens is 1. The fraction of sp³-hybridized carbons (Fsp3) is 0.722. The van der Waals surface area contributed by atoms with Gasteiger partial charge in [-0.3, -0.25) is 0 Å². The number of hydrogen-bond donors (Lipinski definition) is 1. The molecule has 1 N–H and O–H groups in total. The molecule has 1 heterocycles. The second-order valence-electron chi connectivity index (χ2n) is 16.8. The van der Waals surface area contributed by atoms with E-state index in [9.17, 15) is 0 Å². The normalized spacial score (nSPS) is 45.6. The molecule has 3 saturated carbocycles. The topological polar surface area (TPSA) is 15.8 Å². The highest BCUT2D eigenvalue weighted by Gasteiger charge is 2.67. The second-order valence-corrected chi connectivity index (χ2v) is 16.8. The summed E-state index contributed by atoms with van der Waals surface area (Å²) in [6.45, 7) is 21.1. The van der Waals surface area contributed by atoms with E-state index in [2.05, 4.69) is 90.7 Å². The zero-order valence-electron chi connectivity index (χ0n) is 25.0. The minimum absolute atomic E-state index is 0.187. The molecule has 1 unspecified atom stereocenters. The summed E-state index contributed by atoms with van der Waals surface area (Å²) in [5.41, 5.74) is 8.70. The molecular weight excluding hydrogens is 446 g/mol. The number of benzene rings is 1. The van der Waals surface area contributed by atoms with Crippen molar-refractivity contribution in [2.24, 2.45) is 44.8 Å². The average molecular weight is 498 g/mol. The van der Waals surface area contributed by atoms with E-state index in [-0.39, 0.29) is 5.41 Å². The fourth-order valence-corrected chi connectivity index (χ4v) is 11.8. The molecule has 0 radical (unpaired) electrons. The molecule has 37 heavy (non-hydrogen) atoms. The van der Waals surface area contributed by atoms with Crippen LogP contribution in [0.5, 0.6) is 0 Å². The molecule has 5 aliphatic carbocycles. The van der Waals surface area contributed by atoms with Gasteiger partial charge < -0.3 is 4.98 Å². The predicted molar refractivity (Wildman–Crippen MR) is 157 cm³/mol. The molecule has 5 aliphatic rings. The zero-order chi connectivity index (χ0) is 26.2. The monoisotopic (exact) mass is 497 g/mol. The number of H-pyrrole nitrogens is 1. The van der Waals surface area contributed by atoms with Crippen LogP contribution < -0.4 is 0 Å². The number of nitrogens with one attached hydrogen (secondary N) is 1. The van der Waals surface area contributed by atoms with Gasteiger partial charge in [-0.25, -0.2) is 0 Å². The van der Waals surface area contributed by atoms with Crippen molar-refractivity contribution in [3.8, 4) is 0 Å². The molecule has 0 bridgehead atoms. The number of allylic oxidation sites excluding steroid dienone is 2. The quantitative estimate of drug-likeness (QED) is 0.348. The Balaban J connectivity index is 1.36. The van der Waals surface area contributed by atoms with E-state index >= 15 is 0 Å². The lowest BCUT2D eigenvalue weighted by Crippen LogP contribution is -2.64. The summed E-state index contributed by atoms with van der Waals surface area (Å²) in [5.74, 6) is 2.29. The van der Waals surface area contributed by atoms with Crippen molar-refractivity contribution in [3.63, 3.8) is 0 Å². The number of aromatic amines is 1. The summed E-state index contributed by atoms with van der Waals surface area (Å²) >= 11 is 0. The van der Waals surface area contributed by atoms with Crippen LogP contribution >= 0.6 is 0 Å². The lowest BCUT2D eigenvalue weighted by Gasteiger charge is -2.70. The molecule has 200 valence electrons. The largest absolute Gasteiger partial charge is 0.358 e. The van der Waals surface area contributed by atoms with E-state index in [4.69, 9.17) is 0 Å². The first-order chi connectivity index (χ1) is 17.3. The lowest BCUT2D eigenvalue weighted by molar-refractivity contribution is -0.158. The van der Waals surface area contributed by atoms with Crippen LogP contribution in [0.1, 0.15) is 118 Å². The molecule has 0 aliphatic heterocycles. The number of para-hydroxylation sites is 1. The van der Waals surface area contributed by atoms with Crippen LogP contribution in [0.25, 0.3) is 10.9 Å². The molecule has 1 heteroatoms. The van der Waals surface area contributed by atoms with Gasteiger partial charge in [-0.15, -0.1) is 0 Å². The number of fused-ring (bicyclic) bond motifs is 10. The third-order valence-electron chi connectivity index (χ3n) is 14.2. The van der Waals surface area contributed by atoms with Crippen LogP contribution in [0.15, 0.2) is 35.9 Å². The van der Waals surface area contributed by atoms with E-state index in [1.807, 2.05) is 5.57 Å². The standard InChI is InChI=1S/C36H51N/c1-31(2)17-18-33(5)19-20-35(7)25(26(33)22-31)13-14-29-34(6)21-24-23-11-9-10-12-27(23)37-30(24)32(3,4)28(34)15-16-36(29,35)8/h9-13,26,28-29,37H,14-22H2,1-8H3/t26-,28+,29?,33-,34+,35-,36-/m1/s1. The minimum Gasteiger partial charge on any atom is -0.358 e. The highest BCUT2D eigenvalue weighted by Crippen LogP contribution is 2.75. The third kappa shape index (κ3) is 2.93. The Hall–Kier alpha value is -1.50. The molecule has 0 saturated heterocycles. The molecule has 1 nitrogen and oxygen atoms in total. The Morgan fingerprint density at radius 3 is 2.32 bits per heavy atom. The Labute approximate surface area is 226 Å². The van der Waals surface area contributed by atoms with Gasteiger partial charge in [-0.1, -0.05) is 85.2 Å². The molecule has 7 atom stereocenters. The maximum Gasteiger partial charge on any atom is 0.0459 e. The van der Waals surface area contributed by atoms with Gasteiger partial charge in [0.25, 0.3) is 0 Å². The summed E-state index contributed by atoms with van der Waals surface area (Å²) in [7, 11) is 0. The zero-order valence-corrected chi connectivity index (χ0v) is 25.0. The first-order valence-electron chi connectivity index (χ1n) is 15.6. The third-order valence-corrected chi connectivity index (χ3v) is 14.2. The summed E-state index contributed by atoms with van der Waals surface area (Å²) in [6, 6.07) is 9.10. The van der Waals surface area contributed by atoms with Crippen LogP contribution in [-0.4, -0.2) is 4.98 Å². The van der Waals surface area contributed by atoms with Crippen LogP contribution in [0.4, 0.5) is 0 Å². The maximum atomic E-state index is 3.92. The van der Waals surface area contributed by atoms with Gasteiger partial charge >= 0.3 is 0 Å². The van der Waals surface area contributed by atoms with Gasteiger partial charge in [0.05, 0.1) is 0 Å². The molecular formula is C36H51N. The Kier molecular flexibility index (Phi) is 4.75. The van der Waals surface area contributed by atoms with Crippen molar-refractivity contribution in [1.82, 2.24) is 4.98 Å². The first-order valence-corrected chi connectivity index (χ1v) is 15.6. The van der Waals surface area contributed by atoms with Gasteiger partial charge in [-0.2, -0.15) is 0 Å². The Morgan fingerprint density at radius 2 is 1.54 bits per heavy atom. The van der Waals surface area contributed by atoms with Gasteiger partial charge in [0, 0.05) is 22.0 Å². The second kappa shape index (κ2) is 7.17. The van der Waals surface area contributed by atoms with E-state index < -0.39 is 0 Å². The van der Waals surface area contributed by atoms with Crippen LogP contribution in [0, 0.1) is 44.8 Å².